The summed E-state index contributed by atoms with van der Waals surface area (Å²) in [7, 11) is 0. The molecule has 6 rings (SSSR count). The number of allylic oxidation sites excluding steroid dienone is 1. The Morgan fingerprint density at radius 3 is 1.60 bits per heavy atom. The smallest absolute Gasteiger partial charge is 0.166 e. The number of ether oxygens (including phenoxy) is 2. The average molecular weight is 585 g/mol. The second-order valence-electron chi connectivity index (χ2n) is 10.2. The van der Waals surface area contributed by atoms with Crippen LogP contribution in [0.25, 0.3) is 5.57 Å². The first-order chi connectivity index (χ1) is 20.5. The highest BCUT2D eigenvalue weighted by Gasteiger charge is 2.22. The van der Waals surface area contributed by atoms with Crippen molar-refractivity contribution in [2.24, 2.45) is 0 Å². The van der Waals surface area contributed by atoms with Gasteiger partial charge in [-0.25, -0.2) is 8.78 Å². The summed E-state index contributed by atoms with van der Waals surface area (Å²) < 4.78 is 39.5. The topological polar surface area (TPSA) is 35.5 Å². The molecule has 4 aromatic rings. The van der Waals surface area contributed by atoms with E-state index in [-0.39, 0.29) is 24.6 Å². The zero-order chi connectivity index (χ0) is 29.9. The third kappa shape index (κ3) is 8.87. The van der Waals surface area contributed by atoms with Crippen molar-refractivity contribution >= 4 is 11.4 Å². The molecule has 0 heterocycles. The lowest BCUT2D eigenvalue weighted by Gasteiger charge is -2.20. The van der Waals surface area contributed by atoms with Crippen molar-refractivity contribution in [2.45, 2.75) is 73.0 Å². The van der Waals surface area contributed by atoms with Gasteiger partial charge in [-0.15, -0.1) is 0 Å². The maximum absolute atomic E-state index is 14.2. The van der Waals surface area contributed by atoms with E-state index in [0.29, 0.717) is 36.7 Å². The fourth-order valence-corrected chi connectivity index (χ4v) is 5.20. The highest BCUT2D eigenvalue weighted by molar-refractivity contribution is 5.98. The Balaban J connectivity index is 0.000000218. The quantitative estimate of drug-likeness (QED) is 0.226. The van der Waals surface area contributed by atoms with Crippen molar-refractivity contribution in [3.8, 4) is 11.5 Å². The molecule has 0 saturated carbocycles. The van der Waals surface area contributed by atoms with E-state index in [0.717, 1.165) is 59.9 Å². The Hall–Kier alpha value is -4.25. The second-order valence-corrected chi connectivity index (χ2v) is 10.2. The summed E-state index contributed by atoms with van der Waals surface area (Å²) in [4.78, 5) is 11.7. The molecule has 0 unspecified atom stereocenters. The monoisotopic (exact) mass is 584 g/mol. The first-order valence-corrected chi connectivity index (χ1v) is 14.7. The van der Waals surface area contributed by atoms with Crippen molar-refractivity contribution in [1.82, 2.24) is 0 Å². The lowest BCUT2D eigenvalue weighted by molar-refractivity contribution is 0.0968. The van der Waals surface area contributed by atoms with Gasteiger partial charge in [0.15, 0.2) is 5.78 Å². The molecule has 0 amide bonds. The van der Waals surface area contributed by atoms with Gasteiger partial charge in [0.1, 0.15) is 36.3 Å². The third-order valence-corrected chi connectivity index (χ3v) is 7.19. The highest BCUT2D eigenvalue weighted by Crippen LogP contribution is 2.34. The predicted octanol–water partition coefficient (Wildman–Crippen LogP) is 10.3. The molecule has 0 spiro atoms. The number of carbonyl (C=O) groups excluding carboxylic acids is 1. The van der Waals surface area contributed by atoms with Gasteiger partial charge in [-0.05, 0) is 72.1 Å². The first kappa shape index (κ1) is 33.3. The number of carbonyl (C=O) groups is 1. The summed E-state index contributed by atoms with van der Waals surface area (Å²) >= 11 is 0. The minimum Gasteiger partial charge on any atom is -0.489 e. The second kappa shape index (κ2) is 16.4. The van der Waals surface area contributed by atoms with E-state index in [1.807, 2.05) is 80.6 Å². The van der Waals surface area contributed by atoms with Gasteiger partial charge in [-0.3, -0.25) is 4.79 Å². The summed E-state index contributed by atoms with van der Waals surface area (Å²) in [5.41, 5.74) is 5.75. The van der Waals surface area contributed by atoms with E-state index in [9.17, 15) is 13.6 Å². The van der Waals surface area contributed by atoms with Crippen LogP contribution in [-0.4, -0.2) is 5.78 Å². The molecule has 5 heteroatoms. The number of hydrogen-bond donors (Lipinski definition) is 0. The fraction of sp³-hybridized carbons (Fsp3) is 0.289. The molecule has 0 fully saturated rings. The summed E-state index contributed by atoms with van der Waals surface area (Å²) in [5, 5.41) is 0. The normalized spacial score (nSPS) is 13.1. The molecular weight excluding hydrogens is 542 g/mol. The SMILES string of the molecule is C.C=C1CCCc2cc(OCc3ccccc3)cc(F)c21.CC.O=C1CCCc2cc(OCc3ccccc3)cc(F)c21. The number of rotatable bonds is 6. The fourth-order valence-electron chi connectivity index (χ4n) is 5.20. The highest BCUT2D eigenvalue weighted by atomic mass is 19.1. The van der Waals surface area contributed by atoms with Gasteiger partial charge >= 0.3 is 0 Å². The van der Waals surface area contributed by atoms with Crippen molar-refractivity contribution in [3.05, 3.63) is 137 Å². The molecule has 43 heavy (non-hydrogen) atoms. The van der Waals surface area contributed by atoms with Crippen LogP contribution < -0.4 is 9.47 Å². The molecule has 0 aliphatic heterocycles. The summed E-state index contributed by atoms with van der Waals surface area (Å²) in [6.07, 6.45) is 4.78. The number of Topliss-reactive ketones (excluding diaryl/α,β-unsaturated/α-hetero) is 1. The predicted molar refractivity (Wildman–Crippen MR) is 172 cm³/mol. The molecular formula is C38H42F2O3. The molecule has 0 bridgehead atoms. The molecule has 4 aromatic carbocycles. The molecule has 0 saturated heterocycles. The maximum atomic E-state index is 14.2. The van der Waals surface area contributed by atoms with Crippen LogP contribution in [0.4, 0.5) is 8.78 Å². The third-order valence-electron chi connectivity index (χ3n) is 7.19. The van der Waals surface area contributed by atoms with Crippen LogP contribution in [0, 0.1) is 11.6 Å². The average Bonchev–Trinajstić information content (AvgIpc) is 3.01. The molecule has 0 aromatic heterocycles. The first-order valence-electron chi connectivity index (χ1n) is 14.7. The molecule has 2 aliphatic rings. The number of hydrogen-bond acceptors (Lipinski definition) is 3. The Morgan fingerprint density at radius 2 is 1.09 bits per heavy atom. The summed E-state index contributed by atoms with van der Waals surface area (Å²) in [6, 6.07) is 26.1. The Kier molecular flexibility index (Phi) is 12.7. The standard InChI is InChI=1S/C18H17FO.C17H15FO2.C2H6.CH4/c1-13-6-5-9-15-10-16(11-17(19)18(13)15)20-12-14-7-3-2-4-8-14;18-15-10-14(20-11-12-5-2-1-3-6-12)9-13-7-4-8-16(19)17(13)15;1-2;/h2-4,7-8,10-11H,1,5-6,9,12H2;1-3,5-6,9-10H,4,7-8,11H2;1-2H3;1H4. The molecule has 0 N–H and O–H groups in total. The van der Waals surface area contributed by atoms with Gasteiger partial charge < -0.3 is 9.47 Å². The Bertz CT molecular complexity index is 1380. The van der Waals surface area contributed by atoms with Gasteiger partial charge in [-0.2, -0.15) is 0 Å². The summed E-state index contributed by atoms with van der Waals surface area (Å²) in [5.74, 6) is 0.309. The molecule has 3 nitrogen and oxygen atoms in total. The summed E-state index contributed by atoms with van der Waals surface area (Å²) in [6.45, 7) is 8.81. The van der Waals surface area contributed by atoms with Crippen molar-refractivity contribution in [2.75, 3.05) is 0 Å². The van der Waals surface area contributed by atoms with E-state index in [1.165, 1.54) is 12.1 Å². The molecule has 0 radical (unpaired) electrons. The van der Waals surface area contributed by atoms with Gasteiger partial charge in [0.2, 0.25) is 0 Å². The Morgan fingerprint density at radius 1 is 0.651 bits per heavy atom. The lowest BCUT2D eigenvalue weighted by atomic mass is 9.88. The van der Waals surface area contributed by atoms with Crippen molar-refractivity contribution in [1.29, 1.82) is 0 Å². The van der Waals surface area contributed by atoms with Crippen LogP contribution in [0.15, 0.2) is 91.5 Å². The van der Waals surface area contributed by atoms with Crippen LogP contribution in [0.1, 0.15) is 85.1 Å². The number of benzene rings is 4. The number of ketones is 1. The van der Waals surface area contributed by atoms with Gasteiger partial charge in [0.05, 0.1) is 5.56 Å². The van der Waals surface area contributed by atoms with Crippen LogP contribution in [-0.2, 0) is 26.1 Å². The minimum absolute atomic E-state index is 0. The van der Waals surface area contributed by atoms with E-state index >= 15 is 0 Å². The van der Waals surface area contributed by atoms with Crippen molar-refractivity contribution < 1.29 is 23.0 Å². The van der Waals surface area contributed by atoms with Gasteiger partial charge in [0, 0.05) is 24.1 Å². The molecule has 2 aliphatic carbocycles. The number of aryl methyl sites for hydroxylation is 2. The largest absolute Gasteiger partial charge is 0.489 e. The van der Waals surface area contributed by atoms with Crippen molar-refractivity contribution in [3.63, 3.8) is 0 Å². The lowest BCUT2D eigenvalue weighted by Crippen LogP contribution is -2.13. The molecule has 226 valence electrons. The number of fused-ring (bicyclic) bond motifs is 2. The van der Waals surface area contributed by atoms with Crippen LogP contribution in [0.5, 0.6) is 11.5 Å². The van der Waals surface area contributed by atoms with Gasteiger partial charge in [-0.1, -0.05) is 88.5 Å². The minimum atomic E-state index is -0.463. The van der Waals surface area contributed by atoms with Gasteiger partial charge in [0.25, 0.3) is 0 Å². The van der Waals surface area contributed by atoms with Crippen LogP contribution in [0.2, 0.25) is 0 Å². The zero-order valence-corrected chi connectivity index (χ0v) is 24.4. The Labute approximate surface area is 255 Å². The number of halogens is 2. The van der Waals surface area contributed by atoms with E-state index in [4.69, 9.17) is 9.47 Å². The maximum Gasteiger partial charge on any atom is 0.166 e. The van der Waals surface area contributed by atoms with E-state index in [1.54, 1.807) is 6.07 Å². The van der Waals surface area contributed by atoms with Crippen LogP contribution in [0.3, 0.4) is 0 Å². The van der Waals surface area contributed by atoms with E-state index in [2.05, 4.69) is 6.58 Å². The zero-order valence-electron chi connectivity index (χ0n) is 24.4. The molecule has 0 atom stereocenters. The van der Waals surface area contributed by atoms with E-state index < -0.39 is 5.82 Å². The van der Waals surface area contributed by atoms with Crippen LogP contribution >= 0.6 is 0 Å².